The van der Waals surface area contributed by atoms with E-state index in [4.69, 9.17) is 9.84 Å². The van der Waals surface area contributed by atoms with E-state index >= 15 is 0 Å². The lowest BCUT2D eigenvalue weighted by Crippen LogP contribution is -2.15. The van der Waals surface area contributed by atoms with Crippen LogP contribution >= 0.6 is 0 Å². The summed E-state index contributed by atoms with van der Waals surface area (Å²) in [7, 11) is 0. The first-order valence-electron chi connectivity index (χ1n) is 11.9. The molecule has 1 amide bonds. The first kappa shape index (κ1) is 24.2. The normalized spacial score (nSPS) is 11.4. The van der Waals surface area contributed by atoms with E-state index in [-0.39, 0.29) is 17.3 Å². The third kappa shape index (κ3) is 5.60. The molecule has 35 heavy (non-hydrogen) atoms. The van der Waals surface area contributed by atoms with Crippen molar-refractivity contribution < 1.29 is 14.3 Å². The number of carbonyl (C=O) groups is 2. The predicted octanol–water partition coefficient (Wildman–Crippen LogP) is 6.07. The Morgan fingerprint density at radius 2 is 1.71 bits per heavy atom. The second-order valence-corrected chi connectivity index (χ2v) is 9.53. The van der Waals surface area contributed by atoms with E-state index in [1.165, 1.54) is 0 Å². The summed E-state index contributed by atoms with van der Waals surface area (Å²) >= 11 is 0. The molecule has 1 aromatic heterocycles. The molecule has 3 aromatic carbocycles. The van der Waals surface area contributed by atoms with Crippen molar-refractivity contribution >= 4 is 28.5 Å². The summed E-state index contributed by atoms with van der Waals surface area (Å²) < 4.78 is 6.81. The maximum Gasteiger partial charge on any atom is 0.306 e. The highest BCUT2D eigenvalue weighted by molar-refractivity contribution is 6.12. The van der Waals surface area contributed by atoms with E-state index in [1.54, 1.807) is 11.6 Å². The van der Waals surface area contributed by atoms with Crippen molar-refractivity contribution in [2.24, 2.45) is 0 Å². The van der Waals surface area contributed by atoms with Gasteiger partial charge in [-0.15, -0.1) is 0 Å². The number of amides is 1. The van der Waals surface area contributed by atoms with Crippen LogP contribution in [0.15, 0.2) is 72.8 Å². The molecular weight excluding hydrogens is 438 g/mol. The third-order valence-corrected chi connectivity index (χ3v) is 5.83. The topological polar surface area (TPSA) is 73.2 Å². The number of aromatic nitrogens is 2. The average Bonchev–Trinajstić information content (AvgIpc) is 3.27. The van der Waals surface area contributed by atoms with E-state index in [9.17, 15) is 9.59 Å². The Labute approximate surface area is 205 Å². The Balaban J connectivity index is 1.67. The fraction of sp³-hybridized carbons (Fsp3) is 0.276. The van der Waals surface area contributed by atoms with Crippen LogP contribution in [0.5, 0.6) is 0 Å². The lowest BCUT2D eigenvalue weighted by atomic mass is 9.92. The van der Waals surface area contributed by atoms with E-state index in [1.807, 2.05) is 72.8 Å². The number of esters is 1. The van der Waals surface area contributed by atoms with Gasteiger partial charge in [0.15, 0.2) is 0 Å². The van der Waals surface area contributed by atoms with Gasteiger partial charge in [0.05, 0.1) is 18.0 Å². The van der Waals surface area contributed by atoms with Crippen LogP contribution in [0.2, 0.25) is 0 Å². The highest BCUT2D eigenvalue weighted by Crippen LogP contribution is 2.28. The van der Waals surface area contributed by atoms with Gasteiger partial charge in [0, 0.05) is 23.5 Å². The van der Waals surface area contributed by atoms with Gasteiger partial charge in [-0.05, 0) is 47.9 Å². The van der Waals surface area contributed by atoms with Crippen LogP contribution in [0.1, 0.15) is 55.7 Å². The summed E-state index contributed by atoms with van der Waals surface area (Å²) in [5.74, 6) is 0.187. The van der Waals surface area contributed by atoms with Gasteiger partial charge in [-0.1, -0.05) is 69.3 Å². The number of carbonyl (C=O) groups excluding carboxylic acids is 2. The van der Waals surface area contributed by atoms with Crippen molar-refractivity contribution in [2.75, 3.05) is 11.9 Å². The summed E-state index contributed by atoms with van der Waals surface area (Å²) in [6, 6.07) is 23.3. The van der Waals surface area contributed by atoms with Crippen LogP contribution in [0.3, 0.4) is 0 Å². The standard InChI is InChI=1S/C29H31N3O3/c1-5-35-27(33)17-16-20-10-8-13-22(18-20)32-26(19-25(31-32)29(2,3)4)30-28(34)24-15-9-12-21-11-6-7-14-23(21)24/h6-15,18-19H,5,16-17H2,1-4H3,(H,30,34). The molecule has 4 aromatic rings. The van der Waals surface area contributed by atoms with Gasteiger partial charge in [0.25, 0.3) is 5.91 Å². The molecule has 180 valence electrons. The van der Waals surface area contributed by atoms with E-state index in [0.717, 1.165) is 27.7 Å². The van der Waals surface area contributed by atoms with Crippen LogP contribution in [-0.2, 0) is 21.4 Å². The van der Waals surface area contributed by atoms with Gasteiger partial charge in [-0.2, -0.15) is 5.10 Å². The summed E-state index contributed by atoms with van der Waals surface area (Å²) in [6.07, 6.45) is 0.881. The zero-order valence-electron chi connectivity index (χ0n) is 20.7. The van der Waals surface area contributed by atoms with E-state index in [0.29, 0.717) is 30.8 Å². The molecule has 0 aliphatic carbocycles. The summed E-state index contributed by atoms with van der Waals surface area (Å²) in [5, 5.41) is 9.83. The molecule has 0 saturated carbocycles. The molecule has 1 N–H and O–H groups in total. The monoisotopic (exact) mass is 469 g/mol. The van der Waals surface area contributed by atoms with E-state index < -0.39 is 0 Å². The van der Waals surface area contributed by atoms with Gasteiger partial charge < -0.3 is 10.1 Å². The first-order chi connectivity index (χ1) is 16.8. The fourth-order valence-electron chi connectivity index (χ4n) is 3.96. The predicted molar refractivity (Wildman–Crippen MR) is 139 cm³/mol. The number of anilines is 1. The van der Waals surface area contributed by atoms with Crippen LogP contribution < -0.4 is 5.32 Å². The Bertz CT molecular complexity index is 1360. The number of aryl methyl sites for hydroxylation is 1. The minimum Gasteiger partial charge on any atom is -0.466 e. The lowest BCUT2D eigenvalue weighted by molar-refractivity contribution is -0.143. The Morgan fingerprint density at radius 3 is 2.49 bits per heavy atom. The molecule has 0 bridgehead atoms. The second kappa shape index (κ2) is 10.1. The maximum absolute atomic E-state index is 13.4. The third-order valence-electron chi connectivity index (χ3n) is 5.83. The largest absolute Gasteiger partial charge is 0.466 e. The zero-order valence-corrected chi connectivity index (χ0v) is 20.7. The summed E-state index contributed by atoms with van der Waals surface area (Å²) in [6.45, 7) is 8.45. The zero-order chi connectivity index (χ0) is 25.0. The van der Waals surface area contributed by atoms with Crippen molar-refractivity contribution in [1.82, 2.24) is 9.78 Å². The summed E-state index contributed by atoms with van der Waals surface area (Å²) in [5.41, 5.74) is 3.08. The van der Waals surface area contributed by atoms with Crippen LogP contribution in [0, 0.1) is 0 Å². The quantitative estimate of drug-likeness (QED) is 0.333. The van der Waals surface area contributed by atoms with Crippen LogP contribution in [0.25, 0.3) is 16.5 Å². The van der Waals surface area contributed by atoms with E-state index in [2.05, 4.69) is 26.1 Å². The molecule has 0 saturated heterocycles. The number of nitrogens with one attached hydrogen (secondary N) is 1. The van der Waals surface area contributed by atoms with Crippen LogP contribution in [-0.4, -0.2) is 28.3 Å². The van der Waals surface area contributed by atoms with Gasteiger partial charge in [-0.25, -0.2) is 4.68 Å². The van der Waals surface area contributed by atoms with Gasteiger partial charge in [-0.3, -0.25) is 9.59 Å². The smallest absolute Gasteiger partial charge is 0.306 e. The minimum atomic E-state index is -0.213. The second-order valence-electron chi connectivity index (χ2n) is 9.53. The summed E-state index contributed by atoms with van der Waals surface area (Å²) in [4.78, 5) is 25.2. The van der Waals surface area contributed by atoms with Crippen LogP contribution in [0.4, 0.5) is 5.82 Å². The highest BCUT2D eigenvalue weighted by Gasteiger charge is 2.22. The first-order valence-corrected chi connectivity index (χ1v) is 11.9. The average molecular weight is 470 g/mol. The molecule has 1 heterocycles. The molecule has 0 aliphatic rings. The maximum atomic E-state index is 13.4. The number of ether oxygens (including phenoxy) is 1. The SMILES string of the molecule is CCOC(=O)CCc1cccc(-n2nc(C(C)(C)C)cc2NC(=O)c2cccc3ccccc23)c1. The molecule has 0 atom stereocenters. The van der Waals surface area contributed by atoms with Crippen molar-refractivity contribution in [3.05, 3.63) is 89.6 Å². The lowest BCUT2D eigenvalue weighted by Gasteiger charge is -2.14. The number of hydrogen-bond acceptors (Lipinski definition) is 4. The molecule has 6 nitrogen and oxygen atoms in total. The molecule has 4 rings (SSSR count). The number of nitrogens with zero attached hydrogens (tertiary/aromatic N) is 2. The Kier molecular flexibility index (Phi) is 7.01. The van der Waals surface area contributed by atoms with Gasteiger partial charge in [0.1, 0.15) is 5.82 Å². The van der Waals surface area contributed by atoms with Crippen molar-refractivity contribution in [1.29, 1.82) is 0 Å². The molecule has 0 unspecified atom stereocenters. The van der Waals surface area contributed by atoms with Gasteiger partial charge in [0.2, 0.25) is 0 Å². The van der Waals surface area contributed by atoms with Crippen molar-refractivity contribution in [3.8, 4) is 5.69 Å². The fourth-order valence-corrected chi connectivity index (χ4v) is 3.96. The number of hydrogen-bond donors (Lipinski definition) is 1. The van der Waals surface area contributed by atoms with Gasteiger partial charge >= 0.3 is 5.97 Å². The molecule has 0 aliphatic heterocycles. The van der Waals surface area contributed by atoms with Crippen molar-refractivity contribution in [3.63, 3.8) is 0 Å². The number of rotatable bonds is 7. The highest BCUT2D eigenvalue weighted by atomic mass is 16.5. The van der Waals surface area contributed by atoms with Crippen molar-refractivity contribution in [2.45, 2.75) is 46.0 Å². The Morgan fingerprint density at radius 1 is 0.971 bits per heavy atom. The number of fused-ring (bicyclic) bond motifs is 1. The Hall–Kier alpha value is -3.93. The minimum absolute atomic E-state index is 0.193. The number of benzene rings is 3. The molecule has 0 radical (unpaired) electrons. The molecular formula is C29H31N3O3. The molecule has 0 spiro atoms. The molecule has 0 fully saturated rings. The molecule has 6 heteroatoms.